The minimum atomic E-state index is 0.290. The summed E-state index contributed by atoms with van der Waals surface area (Å²) in [5.74, 6) is 0.290. The highest BCUT2D eigenvalue weighted by Gasteiger charge is 2.12. The molecule has 17 heavy (non-hydrogen) atoms. The molecule has 0 unspecified atom stereocenters. The summed E-state index contributed by atoms with van der Waals surface area (Å²) >= 11 is 0. The lowest BCUT2D eigenvalue weighted by Gasteiger charge is -2.18. The van der Waals surface area contributed by atoms with E-state index in [4.69, 9.17) is 0 Å². The molecule has 92 valence electrons. The summed E-state index contributed by atoms with van der Waals surface area (Å²) in [6, 6.07) is 3.81. The lowest BCUT2D eigenvalue weighted by molar-refractivity contribution is -0.119. The van der Waals surface area contributed by atoms with E-state index in [0.717, 1.165) is 38.2 Å². The van der Waals surface area contributed by atoms with Crippen molar-refractivity contribution in [2.24, 2.45) is 0 Å². The molecular formula is C13H19N3O. The van der Waals surface area contributed by atoms with E-state index >= 15 is 0 Å². The van der Waals surface area contributed by atoms with Crippen molar-refractivity contribution >= 4 is 5.78 Å². The van der Waals surface area contributed by atoms with E-state index in [1.54, 1.807) is 12.4 Å². The molecule has 4 nitrogen and oxygen atoms in total. The molecule has 1 N–H and O–H groups in total. The van der Waals surface area contributed by atoms with E-state index in [0.29, 0.717) is 13.0 Å². The fourth-order valence-electron chi connectivity index (χ4n) is 2.09. The van der Waals surface area contributed by atoms with Gasteiger partial charge in [-0.3, -0.25) is 14.7 Å². The molecule has 1 aliphatic rings. The first-order valence-corrected chi connectivity index (χ1v) is 6.18. The molecular weight excluding hydrogens is 214 g/mol. The van der Waals surface area contributed by atoms with Crippen LogP contribution in [-0.2, 0) is 11.2 Å². The van der Waals surface area contributed by atoms with Gasteiger partial charge in [-0.2, -0.15) is 0 Å². The van der Waals surface area contributed by atoms with Gasteiger partial charge in [0.25, 0.3) is 0 Å². The number of aromatic nitrogens is 1. The minimum absolute atomic E-state index is 0.290. The van der Waals surface area contributed by atoms with E-state index in [1.807, 2.05) is 12.1 Å². The first kappa shape index (κ1) is 12.2. The number of ketones is 1. The predicted octanol–water partition coefficient (Wildman–Crippen LogP) is 0.488. The van der Waals surface area contributed by atoms with Gasteiger partial charge in [0.1, 0.15) is 0 Å². The third-order valence-electron chi connectivity index (χ3n) is 2.98. The highest BCUT2D eigenvalue weighted by molar-refractivity contribution is 5.82. The zero-order chi connectivity index (χ0) is 11.9. The molecule has 2 rings (SSSR count). The minimum Gasteiger partial charge on any atom is -0.315 e. The number of hydrogen-bond donors (Lipinski definition) is 1. The second-order valence-corrected chi connectivity index (χ2v) is 4.45. The van der Waals surface area contributed by atoms with Crippen LogP contribution in [0.4, 0.5) is 0 Å². The maximum Gasteiger partial charge on any atom is 0.151 e. The normalized spacial score (nSPS) is 17.6. The van der Waals surface area contributed by atoms with Crippen LogP contribution in [0.5, 0.6) is 0 Å². The van der Waals surface area contributed by atoms with Crippen LogP contribution in [0.1, 0.15) is 12.0 Å². The Morgan fingerprint density at radius 2 is 2.12 bits per heavy atom. The average Bonchev–Trinajstić information content (AvgIpc) is 2.59. The van der Waals surface area contributed by atoms with Crippen molar-refractivity contribution in [2.45, 2.75) is 12.8 Å². The second kappa shape index (κ2) is 6.47. The zero-order valence-corrected chi connectivity index (χ0v) is 10.1. The Labute approximate surface area is 102 Å². The molecule has 1 saturated heterocycles. The molecule has 0 aliphatic carbocycles. The van der Waals surface area contributed by atoms with Crippen LogP contribution in [-0.4, -0.2) is 48.4 Å². The summed E-state index contributed by atoms with van der Waals surface area (Å²) in [7, 11) is 0. The van der Waals surface area contributed by atoms with Gasteiger partial charge in [0.05, 0.1) is 6.54 Å². The molecule has 0 aromatic carbocycles. The van der Waals surface area contributed by atoms with Gasteiger partial charge in [0.2, 0.25) is 0 Å². The standard InChI is InChI=1S/C13H19N3O/c17-13(10-12-2-5-15-6-3-12)11-16-8-1-4-14-7-9-16/h2-3,5-6,14H,1,4,7-11H2. The fourth-order valence-corrected chi connectivity index (χ4v) is 2.09. The van der Waals surface area contributed by atoms with Crippen molar-refractivity contribution in [3.63, 3.8) is 0 Å². The van der Waals surface area contributed by atoms with Gasteiger partial charge in [-0.05, 0) is 37.2 Å². The quantitative estimate of drug-likeness (QED) is 0.822. The van der Waals surface area contributed by atoms with E-state index in [9.17, 15) is 4.79 Å². The topological polar surface area (TPSA) is 45.2 Å². The summed E-state index contributed by atoms with van der Waals surface area (Å²) < 4.78 is 0. The van der Waals surface area contributed by atoms with Gasteiger partial charge in [0, 0.05) is 31.9 Å². The lowest BCUT2D eigenvalue weighted by atomic mass is 10.1. The summed E-state index contributed by atoms with van der Waals surface area (Å²) in [6.07, 6.45) is 5.12. The van der Waals surface area contributed by atoms with E-state index in [2.05, 4.69) is 15.2 Å². The summed E-state index contributed by atoms with van der Waals surface area (Å²) in [5, 5.41) is 3.34. The van der Waals surface area contributed by atoms with Crippen molar-refractivity contribution < 1.29 is 4.79 Å². The van der Waals surface area contributed by atoms with Crippen molar-refractivity contribution in [3.05, 3.63) is 30.1 Å². The van der Waals surface area contributed by atoms with E-state index < -0.39 is 0 Å². The van der Waals surface area contributed by atoms with Crippen LogP contribution in [0, 0.1) is 0 Å². The van der Waals surface area contributed by atoms with Crippen molar-refractivity contribution in [2.75, 3.05) is 32.7 Å². The first-order valence-electron chi connectivity index (χ1n) is 6.18. The first-order chi connectivity index (χ1) is 8.34. The highest BCUT2D eigenvalue weighted by Crippen LogP contribution is 2.01. The number of nitrogens with zero attached hydrogens (tertiary/aromatic N) is 2. The number of carbonyl (C=O) groups excluding carboxylic acids is 1. The number of Topliss-reactive ketones (excluding diaryl/α,β-unsaturated/α-hetero) is 1. The molecule has 0 bridgehead atoms. The van der Waals surface area contributed by atoms with Gasteiger partial charge in [-0.15, -0.1) is 0 Å². The number of nitrogens with one attached hydrogen (secondary N) is 1. The Balaban J connectivity index is 1.80. The molecule has 0 spiro atoms. The van der Waals surface area contributed by atoms with Gasteiger partial charge in [-0.1, -0.05) is 0 Å². The third kappa shape index (κ3) is 4.24. The SMILES string of the molecule is O=C(Cc1ccncc1)CN1CCCNCC1. The monoisotopic (exact) mass is 233 g/mol. The molecule has 1 aliphatic heterocycles. The van der Waals surface area contributed by atoms with E-state index in [-0.39, 0.29) is 5.78 Å². The molecule has 1 aromatic rings. The Hall–Kier alpha value is -1.26. The maximum absolute atomic E-state index is 11.9. The molecule has 1 aromatic heterocycles. The third-order valence-corrected chi connectivity index (χ3v) is 2.98. The van der Waals surface area contributed by atoms with Crippen LogP contribution in [0.3, 0.4) is 0 Å². The fraction of sp³-hybridized carbons (Fsp3) is 0.538. The van der Waals surface area contributed by atoms with Crippen molar-refractivity contribution in [1.29, 1.82) is 0 Å². The Bertz CT molecular complexity index is 345. The number of pyridine rings is 1. The average molecular weight is 233 g/mol. The second-order valence-electron chi connectivity index (χ2n) is 4.45. The van der Waals surface area contributed by atoms with Crippen LogP contribution in [0.2, 0.25) is 0 Å². The lowest BCUT2D eigenvalue weighted by Crippen LogP contribution is -2.33. The van der Waals surface area contributed by atoms with Gasteiger partial charge in [0.15, 0.2) is 5.78 Å². The van der Waals surface area contributed by atoms with E-state index in [1.165, 1.54) is 0 Å². The van der Waals surface area contributed by atoms with Crippen LogP contribution >= 0.6 is 0 Å². The maximum atomic E-state index is 11.9. The largest absolute Gasteiger partial charge is 0.315 e. The molecule has 2 heterocycles. The highest BCUT2D eigenvalue weighted by atomic mass is 16.1. The summed E-state index contributed by atoms with van der Waals surface area (Å²) in [4.78, 5) is 18.1. The Morgan fingerprint density at radius 1 is 1.29 bits per heavy atom. The smallest absolute Gasteiger partial charge is 0.151 e. The molecule has 0 radical (unpaired) electrons. The van der Waals surface area contributed by atoms with Gasteiger partial charge < -0.3 is 5.32 Å². The molecule has 0 atom stereocenters. The van der Waals surface area contributed by atoms with Gasteiger partial charge in [-0.25, -0.2) is 0 Å². The summed E-state index contributed by atoms with van der Waals surface area (Å²) in [5.41, 5.74) is 1.05. The molecule has 4 heteroatoms. The number of carbonyl (C=O) groups is 1. The number of rotatable bonds is 4. The summed E-state index contributed by atoms with van der Waals surface area (Å²) in [6.45, 7) is 4.62. The molecule has 1 fully saturated rings. The predicted molar refractivity (Wildman–Crippen MR) is 66.9 cm³/mol. The number of hydrogen-bond acceptors (Lipinski definition) is 4. The zero-order valence-electron chi connectivity index (χ0n) is 10.1. The molecule has 0 amide bonds. The Morgan fingerprint density at radius 3 is 2.94 bits per heavy atom. The van der Waals surface area contributed by atoms with Crippen molar-refractivity contribution in [1.82, 2.24) is 15.2 Å². The van der Waals surface area contributed by atoms with Crippen LogP contribution < -0.4 is 5.32 Å². The van der Waals surface area contributed by atoms with Gasteiger partial charge >= 0.3 is 0 Å². The molecule has 0 saturated carbocycles. The van der Waals surface area contributed by atoms with Crippen molar-refractivity contribution in [3.8, 4) is 0 Å². The van der Waals surface area contributed by atoms with Crippen LogP contribution in [0.25, 0.3) is 0 Å². The Kier molecular flexibility index (Phi) is 4.64. The van der Waals surface area contributed by atoms with Crippen LogP contribution in [0.15, 0.2) is 24.5 Å².